The van der Waals surface area contributed by atoms with Crippen molar-refractivity contribution in [2.45, 2.75) is 27.7 Å². The molecule has 100 valence electrons. The molecule has 0 aliphatic heterocycles. The van der Waals surface area contributed by atoms with Gasteiger partial charge in [0.05, 0.1) is 11.2 Å². The van der Waals surface area contributed by atoms with Crippen molar-refractivity contribution in [2.24, 2.45) is 0 Å². The van der Waals surface area contributed by atoms with Gasteiger partial charge >= 0.3 is 0 Å². The number of rotatable bonds is 1. The van der Waals surface area contributed by atoms with Crippen molar-refractivity contribution in [3.8, 4) is 11.3 Å². The van der Waals surface area contributed by atoms with Crippen molar-refractivity contribution >= 4 is 10.9 Å². The average molecular weight is 261 g/mol. The zero-order valence-corrected chi connectivity index (χ0v) is 12.5. The van der Waals surface area contributed by atoms with Crippen LogP contribution in [-0.2, 0) is 0 Å². The van der Waals surface area contributed by atoms with Crippen molar-refractivity contribution in [3.05, 3.63) is 64.7 Å². The summed E-state index contributed by atoms with van der Waals surface area (Å²) in [7, 11) is 0. The molecule has 0 fully saturated rings. The topological polar surface area (TPSA) is 12.9 Å². The molecule has 0 radical (unpaired) electrons. The third-order valence-corrected chi connectivity index (χ3v) is 3.96. The summed E-state index contributed by atoms with van der Waals surface area (Å²) in [6.45, 7) is 8.58. The number of pyridine rings is 1. The minimum absolute atomic E-state index is 1.06. The van der Waals surface area contributed by atoms with E-state index >= 15 is 0 Å². The van der Waals surface area contributed by atoms with E-state index < -0.39 is 0 Å². The SMILES string of the molecule is Cc1ccc2ccc(-c3cc(C)c(C)cc3C)nc2c1. The van der Waals surface area contributed by atoms with E-state index in [-0.39, 0.29) is 0 Å². The maximum absolute atomic E-state index is 4.84. The molecule has 20 heavy (non-hydrogen) atoms. The number of fused-ring (bicyclic) bond motifs is 1. The normalized spacial score (nSPS) is 11.0. The number of hydrogen-bond acceptors (Lipinski definition) is 1. The lowest BCUT2D eigenvalue weighted by atomic mass is 9.98. The summed E-state index contributed by atoms with van der Waals surface area (Å²) < 4.78 is 0. The smallest absolute Gasteiger partial charge is 0.0712 e. The van der Waals surface area contributed by atoms with Crippen molar-refractivity contribution in [3.63, 3.8) is 0 Å². The van der Waals surface area contributed by atoms with Crippen LogP contribution in [0.4, 0.5) is 0 Å². The first-order chi connectivity index (χ1) is 9.54. The van der Waals surface area contributed by atoms with Gasteiger partial charge in [0.15, 0.2) is 0 Å². The number of nitrogens with zero attached hydrogens (tertiary/aromatic N) is 1. The van der Waals surface area contributed by atoms with Crippen LogP contribution in [0.2, 0.25) is 0 Å². The maximum Gasteiger partial charge on any atom is 0.0712 e. The van der Waals surface area contributed by atoms with Crippen LogP contribution in [0.15, 0.2) is 42.5 Å². The number of hydrogen-bond donors (Lipinski definition) is 0. The Hall–Kier alpha value is -2.15. The fraction of sp³-hybridized carbons (Fsp3) is 0.211. The molecule has 0 saturated carbocycles. The van der Waals surface area contributed by atoms with Crippen LogP contribution in [-0.4, -0.2) is 4.98 Å². The Kier molecular flexibility index (Phi) is 3.06. The quantitative estimate of drug-likeness (QED) is 0.591. The van der Waals surface area contributed by atoms with Gasteiger partial charge in [0, 0.05) is 10.9 Å². The summed E-state index contributed by atoms with van der Waals surface area (Å²) in [5.41, 5.74) is 8.55. The zero-order valence-electron chi connectivity index (χ0n) is 12.5. The van der Waals surface area contributed by atoms with E-state index in [4.69, 9.17) is 4.98 Å². The van der Waals surface area contributed by atoms with E-state index in [1.54, 1.807) is 0 Å². The van der Waals surface area contributed by atoms with Crippen LogP contribution >= 0.6 is 0 Å². The highest BCUT2D eigenvalue weighted by atomic mass is 14.7. The standard InChI is InChI=1S/C19H19N/c1-12-5-6-16-7-8-18(20-19(16)9-12)17-11-14(3)13(2)10-15(17)4/h5-11H,1-4H3. The Labute approximate surface area is 120 Å². The highest BCUT2D eigenvalue weighted by molar-refractivity contribution is 5.82. The molecule has 0 spiro atoms. The molecule has 0 aliphatic carbocycles. The van der Waals surface area contributed by atoms with Gasteiger partial charge in [-0.05, 0) is 68.1 Å². The van der Waals surface area contributed by atoms with Gasteiger partial charge in [-0.15, -0.1) is 0 Å². The molecule has 0 bridgehead atoms. The molecule has 3 aromatic rings. The molecule has 1 nitrogen and oxygen atoms in total. The Morgan fingerprint density at radius 1 is 0.700 bits per heavy atom. The predicted molar refractivity (Wildman–Crippen MR) is 86.1 cm³/mol. The predicted octanol–water partition coefficient (Wildman–Crippen LogP) is 5.14. The van der Waals surface area contributed by atoms with Gasteiger partial charge in [-0.1, -0.05) is 24.3 Å². The summed E-state index contributed by atoms with van der Waals surface area (Å²) in [6.07, 6.45) is 0. The van der Waals surface area contributed by atoms with Crippen molar-refractivity contribution < 1.29 is 0 Å². The number of aryl methyl sites for hydroxylation is 4. The monoisotopic (exact) mass is 261 g/mol. The molecule has 0 N–H and O–H groups in total. The lowest BCUT2D eigenvalue weighted by molar-refractivity contribution is 1.28. The Morgan fingerprint density at radius 3 is 2.20 bits per heavy atom. The molecular formula is C19H19N. The minimum atomic E-state index is 1.06. The van der Waals surface area contributed by atoms with E-state index in [0.29, 0.717) is 0 Å². The first-order valence-corrected chi connectivity index (χ1v) is 7.00. The van der Waals surface area contributed by atoms with E-state index in [1.807, 2.05) is 0 Å². The van der Waals surface area contributed by atoms with Gasteiger partial charge in [-0.2, -0.15) is 0 Å². The van der Waals surface area contributed by atoms with E-state index in [2.05, 4.69) is 70.2 Å². The van der Waals surface area contributed by atoms with Gasteiger partial charge in [-0.25, -0.2) is 4.98 Å². The summed E-state index contributed by atoms with van der Waals surface area (Å²) >= 11 is 0. The average Bonchev–Trinajstić information content (AvgIpc) is 2.42. The third-order valence-electron chi connectivity index (χ3n) is 3.96. The first-order valence-electron chi connectivity index (χ1n) is 7.00. The lowest BCUT2D eigenvalue weighted by Gasteiger charge is -2.10. The Bertz CT molecular complexity index is 800. The third kappa shape index (κ3) is 2.20. The maximum atomic E-state index is 4.84. The second-order valence-corrected chi connectivity index (χ2v) is 5.64. The summed E-state index contributed by atoms with van der Waals surface area (Å²) in [5, 5.41) is 1.20. The number of aromatic nitrogens is 1. The van der Waals surface area contributed by atoms with Crippen molar-refractivity contribution in [1.29, 1.82) is 0 Å². The van der Waals surface area contributed by atoms with E-state index in [1.165, 1.54) is 33.2 Å². The molecular weight excluding hydrogens is 242 g/mol. The molecule has 2 aromatic carbocycles. The highest BCUT2D eigenvalue weighted by Crippen LogP contribution is 2.27. The largest absolute Gasteiger partial charge is 0.248 e. The van der Waals surface area contributed by atoms with Crippen LogP contribution in [0.25, 0.3) is 22.2 Å². The van der Waals surface area contributed by atoms with Crippen LogP contribution in [0.3, 0.4) is 0 Å². The zero-order chi connectivity index (χ0) is 14.3. The van der Waals surface area contributed by atoms with E-state index in [9.17, 15) is 0 Å². The van der Waals surface area contributed by atoms with Crippen molar-refractivity contribution in [1.82, 2.24) is 4.98 Å². The summed E-state index contributed by atoms with van der Waals surface area (Å²) in [6, 6.07) is 15.2. The molecule has 1 aromatic heterocycles. The fourth-order valence-electron chi connectivity index (χ4n) is 2.61. The molecule has 0 saturated heterocycles. The molecule has 1 heteroatoms. The molecule has 0 amide bonds. The Morgan fingerprint density at radius 2 is 1.40 bits per heavy atom. The van der Waals surface area contributed by atoms with E-state index in [0.717, 1.165) is 11.2 Å². The van der Waals surface area contributed by atoms with Gasteiger partial charge in [-0.3, -0.25) is 0 Å². The molecule has 3 rings (SSSR count). The highest BCUT2D eigenvalue weighted by Gasteiger charge is 2.07. The molecule has 1 heterocycles. The molecule has 0 unspecified atom stereocenters. The second-order valence-electron chi connectivity index (χ2n) is 5.64. The second kappa shape index (κ2) is 4.75. The summed E-state index contributed by atoms with van der Waals surface area (Å²) in [5.74, 6) is 0. The molecule has 0 aliphatic rings. The van der Waals surface area contributed by atoms with Crippen LogP contribution in [0.1, 0.15) is 22.3 Å². The van der Waals surface area contributed by atoms with Crippen LogP contribution in [0, 0.1) is 27.7 Å². The van der Waals surface area contributed by atoms with Gasteiger partial charge in [0.25, 0.3) is 0 Å². The van der Waals surface area contributed by atoms with Crippen LogP contribution in [0.5, 0.6) is 0 Å². The Balaban J connectivity index is 2.22. The first kappa shape index (κ1) is 12.9. The lowest BCUT2D eigenvalue weighted by Crippen LogP contribution is -1.92. The van der Waals surface area contributed by atoms with Gasteiger partial charge in [0.2, 0.25) is 0 Å². The summed E-state index contributed by atoms with van der Waals surface area (Å²) in [4.78, 5) is 4.84. The van der Waals surface area contributed by atoms with Crippen LogP contribution < -0.4 is 0 Å². The van der Waals surface area contributed by atoms with Gasteiger partial charge < -0.3 is 0 Å². The number of benzene rings is 2. The fourth-order valence-corrected chi connectivity index (χ4v) is 2.61. The minimum Gasteiger partial charge on any atom is -0.248 e. The van der Waals surface area contributed by atoms with Gasteiger partial charge in [0.1, 0.15) is 0 Å². The van der Waals surface area contributed by atoms with Crippen molar-refractivity contribution in [2.75, 3.05) is 0 Å². The molecule has 0 atom stereocenters.